The lowest BCUT2D eigenvalue weighted by molar-refractivity contribution is -0.441. The minimum absolute atomic E-state index is 0.0934. The average molecular weight is 524 g/mol. The van der Waals surface area contributed by atoms with Crippen molar-refractivity contribution >= 4 is 12.0 Å². The molecule has 0 unspecified atom stereocenters. The summed E-state index contributed by atoms with van der Waals surface area (Å²) in [5, 5.41) is 8.93. The summed E-state index contributed by atoms with van der Waals surface area (Å²) in [6.07, 6.45) is -6.82. The zero-order valence-electron chi connectivity index (χ0n) is 16.7. The molecule has 0 heterocycles. The third-order valence-corrected chi connectivity index (χ3v) is 4.49. The maximum absolute atomic E-state index is 14.4. The summed E-state index contributed by atoms with van der Waals surface area (Å²) < 4.78 is 178. The molecule has 0 aliphatic carbocycles. The van der Waals surface area contributed by atoms with Crippen LogP contribution in [0.4, 0.5) is 57.1 Å². The Morgan fingerprint density at radius 2 is 1.32 bits per heavy atom. The highest BCUT2D eigenvalue weighted by Crippen LogP contribution is 2.62. The van der Waals surface area contributed by atoms with Crippen LogP contribution in [0.25, 0.3) is 6.08 Å². The first-order valence-electron chi connectivity index (χ1n) is 8.62. The number of rotatable bonds is 9. The lowest BCUT2D eigenvalue weighted by Gasteiger charge is -2.40. The Kier molecular flexibility index (Phi) is 7.63. The van der Waals surface area contributed by atoms with Crippen LogP contribution < -0.4 is 4.74 Å². The van der Waals surface area contributed by atoms with Crippen molar-refractivity contribution in [2.75, 3.05) is 7.11 Å². The molecule has 1 aromatic carbocycles. The number of carboxylic acids is 1. The molecular weight excluding hydrogens is 511 g/mol. The second-order valence-corrected chi connectivity index (χ2v) is 6.66. The lowest BCUT2D eigenvalue weighted by atomic mass is 9.89. The SMILES string of the molecule is CCC(=Cc1ccc(C(F)(F)C(F)(F)C(F)(F)C(F)(F)C(F)(F)C(F)(F)F)c(OC)c1)C(=O)O. The maximum atomic E-state index is 14.4. The van der Waals surface area contributed by atoms with Crippen LogP contribution in [0, 0.1) is 0 Å². The smallest absolute Gasteiger partial charge is 0.460 e. The van der Waals surface area contributed by atoms with Crippen LogP contribution in [0.2, 0.25) is 0 Å². The Morgan fingerprint density at radius 3 is 1.71 bits per heavy atom. The third kappa shape index (κ3) is 4.37. The van der Waals surface area contributed by atoms with Gasteiger partial charge in [0.05, 0.1) is 12.7 Å². The minimum Gasteiger partial charge on any atom is -0.496 e. The minimum atomic E-state index is -8.02. The summed E-state index contributed by atoms with van der Waals surface area (Å²) in [5.74, 6) is -40.7. The molecule has 0 bridgehead atoms. The highest BCUT2D eigenvalue weighted by molar-refractivity contribution is 5.92. The van der Waals surface area contributed by atoms with Crippen molar-refractivity contribution in [3.8, 4) is 5.75 Å². The quantitative estimate of drug-likeness (QED) is 0.287. The molecule has 0 saturated heterocycles. The molecule has 0 atom stereocenters. The van der Waals surface area contributed by atoms with Crippen molar-refractivity contribution in [1.29, 1.82) is 0 Å². The van der Waals surface area contributed by atoms with Crippen molar-refractivity contribution in [3.05, 3.63) is 34.9 Å². The number of ether oxygens (including phenoxy) is 1. The first-order chi connectivity index (χ1) is 15.0. The van der Waals surface area contributed by atoms with Gasteiger partial charge in [0, 0.05) is 5.57 Å². The van der Waals surface area contributed by atoms with E-state index in [9.17, 15) is 61.9 Å². The number of carbonyl (C=O) groups is 1. The van der Waals surface area contributed by atoms with Crippen molar-refractivity contribution in [2.45, 2.75) is 49.1 Å². The van der Waals surface area contributed by atoms with Gasteiger partial charge >= 0.3 is 41.8 Å². The Balaban J connectivity index is 3.71. The zero-order valence-corrected chi connectivity index (χ0v) is 16.7. The Hall–Kier alpha value is -2.68. The summed E-state index contributed by atoms with van der Waals surface area (Å²) in [4.78, 5) is 11.0. The van der Waals surface area contributed by atoms with Crippen LogP contribution >= 0.6 is 0 Å². The molecule has 0 spiro atoms. The summed E-state index contributed by atoms with van der Waals surface area (Å²) in [7, 11) is 0.517. The van der Waals surface area contributed by atoms with E-state index in [0.717, 1.165) is 6.08 Å². The molecule has 1 rings (SSSR count). The van der Waals surface area contributed by atoms with E-state index in [4.69, 9.17) is 5.11 Å². The first-order valence-corrected chi connectivity index (χ1v) is 8.62. The van der Waals surface area contributed by atoms with E-state index in [2.05, 4.69) is 4.74 Å². The molecule has 0 aromatic heterocycles. The molecule has 0 radical (unpaired) electrons. The lowest BCUT2D eigenvalue weighted by Crippen LogP contribution is -2.69. The van der Waals surface area contributed by atoms with E-state index in [1.165, 1.54) is 6.92 Å². The standard InChI is InChI=1S/C18H13F13O3/c1-3-9(12(32)33)6-8-4-5-10(11(7-8)34-2)13(19,20)14(21,22)15(23,24)16(25,26)17(27,28)18(29,30)31/h4-7H,3H2,1-2H3,(H,32,33). The maximum Gasteiger partial charge on any atom is 0.460 e. The van der Waals surface area contributed by atoms with Gasteiger partial charge in [0.25, 0.3) is 0 Å². The van der Waals surface area contributed by atoms with Gasteiger partial charge in [-0.05, 0) is 30.2 Å². The largest absolute Gasteiger partial charge is 0.496 e. The highest BCUT2D eigenvalue weighted by atomic mass is 19.4. The molecule has 3 nitrogen and oxygen atoms in total. The van der Waals surface area contributed by atoms with Crippen LogP contribution in [-0.4, -0.2) is 48.1 Å². The van der Waals surface area contributed by atoms with Crippen molar-refractivity contribution in [3.63, 3.8) is 0 Å². The molecule has 1 aromatic rings. The molecule has 0 amide bonds. The molecule has 0 aliphatic heterocycles. The number of carboxylic acid groups (broad SMARTS) is 1. The van der Waals surface area contributed by atoms with E-state index in [0.29, 0.717) is 19.2 Å². The second-order valence-electron chi connectivity index (χ2n) is 6.66. The number of alkyl halides is 13. The molecule has 0 fully saturated rings. The molecule has 1 N–H and O–H groups in total. The number of hydrogen-bond acceptors (Lipinski definition) is 2. The topological polar surface area (TPSA) is 46.5 Å². The summed E-state index contributed by atoms with van der Waals surface area (Å²) >= 11 is 0. The van der Waals surface area contributed by atoms with Crippen LogP contribution in [0.3, 0.4) is 0 Å². The molecule has 0 saturated carbocycles. The number of hydrogen-bond donors (Lipinski definition) is 1. The number of aliphatic carboxylic acids is 1. The summed E-state index contributed by atoms with van der Waals surface area (Å²) in [6.45, 7) is 1.35. The van der Waals surface area contributed by atoms with Gasteiger partial charge in [-0.15, -0.1) is 0 Å². The van der Waals surface area contributed by atoms with E-state index in [1.54, 1.807) is 0 Å². The van der Waals surface area contributed by atoms with E-state index >= 15 is 0 Å². The van der Waals surface area contributed by atoms with Gasteiger partial charge in [0.15, 0.2) is 0 Å². The van der Waals surface area contributed by atoms with Crippen LogP contribution in [0.15, 0.2) is 23.8 Å². The van der Waals surface area contributed by atoms with Crippen LogP contribution in [0.5, 0.6) is 5.75 Å². The Labute approximate surface area is 181 Å². The monoisotopic (exact) mass is 524 g/mol. The van der Waals surface area contributed by atoms with Gasteiger partial charge in [-0.3, -0.25) is 0 Å². The van der Waals surface area contributed by atoms with E-state index < -0.39 is 53.1 Å². The number of halogens is 13. The molecule has 34 heavy (non-hydrogen) atoms. The van der Waals surface area contributed by atoms with Crippen LogP contribution in [-0.2, 0) is 10.7 Å². The van der Waals surface area contributed by atoms with Crippen molar-refractivity contribution in [1.82, 2.24) is 0 Å². The Morgan fingerprint density at radius 1 is 0.853 bits per heavy atom. The fourth-order valence-electron chi connectivity index (χ4n) is 2.51. The fourth-order valence-corrected chi connectivity index (χ4v) is 2.51. The summed E-state index contributed by atoms with van der Waals surface area (Å²) in [6, 6.07) is 0.753. The average Bonchev–Trinajstić information content (AvgIpc) is 2.69. The summed E-state index contributed by atoms with van der Waals surface area (Å²) in [5.41, 5.74) is -2.97. The predicted octanol–water partition coefficient (Wildman–Crippen LogP) is 6.77. The number of methoxy groups -OCH3 is 1. The fraction of sp³-hybridized carbons (Fsp3) is 0.500. The zero-order chi connectivity index (χ0) is 27.1. The second kappa shape index (κ2) is 8.83. The molecule has 16 heteroatoms. The van der Waals surface area contributed by atoms with E-state index in [-0.39, 0.29) is 23.6 Å². The van der Waals surface area contributed by atoms with Gasteiger partial charge < -0.3 is 9.84 Å². The Bertz CT molecular complexity index is 949. The molecular formula is C18H13F13O3. The van der Waals surface area contributed by atoms with Gasteiger partial charge in [0.2, 0.25) is 0 Å². The van der Waals surface area contributed by atoms with Gasteiger partial charge in [0.1, 0.15) is 5.75 Å². The highest BCUT2D eigenvalue weighted by Gasteiger charge is 2.91. The molecule has 194 valence electrons. The van der Waals surface area contributed by atoms with Gasteiger partial charge in [-0.25, -0.2) is 4.79 Å². The normalized spacial score (nSPS) is 14.9. The van der Waals surface area contributed by atoms with Crippen molar-refractivity contribution < 1.29 is 71.7 Å². The van der Waals surface area contributed by atoms with Gasteiger partial charge in [-0.1, -0.05) is 13.0 Å². The van der Waals surface area contributed by atoms with E-state index in [1.807, 2.05) is 0 Å². The third-order valence-electron chi connectivity index (χ3n) is 4.49. The number of benzene rings is 1. The predicted molar refractivity (Wildman–Crippen MR) is 88.6 cm³/mol. The van der Waals surface area contributed by atoms with Crippen molar-refractivity contribution in [2.24, 2.45) is 0 Å². The first kappa shape index (κ1) is 29.4. The van der Waals surface area contributed by atoms with Gasteiger partial charge in [-0.2, -0.15) is 57.1 Å². The molecule has 0 aliphatic rings. The van der Waals surface area contributed by atoms with Crippen LogP contribution in [0.1, 0.15) is 24.5 Å².